The molecule has 0 bridgehead atoms. The van der Waals surface area contributed by atoms with Crippen molar-refractivity contribution in [2.75, 3.05) is 18.2 Å². The Labute approximate surface area is 119 Å². The van der Waals surface area contributed by atoms with E-state index in [1.165, 1.54) is 23.1 Å². The van der Waals surface area contributed by atoms with Gasteiger partial charge in [-0.25, -0.2) is 0 Å². The van der Waals surface area contributed by atoms with Gasteiger partial charge in [0, 0.05) is 6.54 Å². The third-order valence-corrected chi connectivity index (χ3v) is 4.15. The van der Waals surface area contributed by atoms with Crippen molar-refractivity contribution < 1.29 is 4.74 Å². The fraction of sp³-hybridized carbons (Fsp3) is 0.250. The van der Waals surface area contributed by atoms with Gasteiger partial charge in [0.2, 0.25) is 5.13 Å². The van der Waals surface area contributed by atoms with E-state index in [0.29, 0.717) is 12.3 Å². The SMILES string of the molecule is COc1ccc(CNc2nnc(SCC#N)s2)cc1. The molecule has 0 atom stereocenters. The summed E-state index contributed by atoms with van der Waals surface area (Å²) in [6, 6.07) is 9.90. The minimum atomic E-state index is 0.396. The summed E-state index contributed by atoms with van der Waals surface area (Å²) in [5, 5.41) is 20.5. The second-order valence-electron chi connectivity index (χ2n) is 3.52. The zero-order valence-corrected chi connectivity index (χ0v) is 11.9. The Morgan fingerprint density at radius 2 is 2.16 bits per heavy atom. The number of nitriles is 1. The summed E-state index contributed by atoms with van der Waals surface area (Å²) in [5.74, 6) is 1.24. The molecule has 0 amide bonds. The highest BCUT2D eigenvalue weighted by molar-refractivity contribution is 8.01. The van der Waals surface area contributed by atoms with Crippen molar-refractivity contribution in [3.8, 4) is 11.8 Å². The van der Waals surface area contributed by atoms with Crippen LogP contribution in [0.15, 0.2) is 28.6 Å². The van der Waals surface area contributed by atoms with Crippen LogP contribution in [0.2, 0.25) is 0 Å². The fourth-order valence-corrected chi connectivity index (χ4v) is 2.76. The largest absolute Gasteiger partial charge is 0.497 e. The molecular weight excluding hydrogens is 280 g/mol. The van der Waals surface area contributed by atoms with Crippen LogP contribution in [0.25, 0.3) is 0 Å². The summed E-state index contributed by atoms with van der Waals surface area (Å²) >= 11 is 2.85. The van der Waals surface area contributed by atoms with Crippen molar-refractivity contribution in [2.45, 2.75) is 10.9 Å². The van der Waals surface area contributed by atoms with Crippen LogP contribution >= 0.6 is 23.1 Å². The molecule has 0 fully saturated rings. The van der Waals surface area contributed by atoms with Crippen LogP contribution in [-0.4, -0.2) is 23.1 Å². The van der Waals surface area contributed by atoms with Crippen molar-refractivity contribution in [1.82, 2.24) is 10.2 Å². The van der Waals surface area contributed by atoms with E-state index in [1.54, 1.807) is 7.11 Å². The van der Waals surface area contributed by atoms with Gasteiger partial charge in [0.05, 0.1) is 18.9 Å². The van der Waals surface area contributed by atoms with Crippen LogP contribution in [0.4, 0.5) is 5.13 Å². The van der Waals surface area contributed by atoms with Gasteiger partial charge in [-0.15, -0.1) is 10.2 Å². The summed E-state index contributed by atoms with van der Waals surface area (Å²) in [7, 11) is 1.65. The number of methoxy groups -OCH3 is 1. The number of nitrogens with one attached hydrogen (secondary N) is 1. The monoisotopic (exact) mass is 292 g/mol. The molecule has 1 N–H and O–H groups in total. The Bertz CT molecular complexity index is 562. The lowest BCUT2D eigenvalue weighted by atomic mass is 10.2. The molecule has 0 radical (unpaired) electrons. The van der Waals surface area contributed by atoms with Crippen LogP contribution < -0.4 is 10.1 Å². The molecular formula is C12H12N4OS2. The van der Waals surface area contributed by atoms with Gasteiger partial charge in [-0.3, -0.25) is 0 Å². The molecule has 0 aliphatic heterocycles. The van der Waals surface area contributed by atoms with Crippen LogP contribution in [-0.2, 0) is 6.54 Å². The molecule has 5 nitrogen and oxygen atoms in total. The molecule has 0 aliphatic rings. The molecule has 1 aromatic carbocycles. The van der Waals surface area contributed by atoms with Crippen molar-refractivity contribution in [3.05, 3.63) is 29.8 Å². The number of rotatable bonds is 6. The first-order valence-corrected chi connectivity index (χ1v) is 7.32. The average Bonchev–Trinajstić information content (AvgIpc) is 2.91. The number of anilines is 1. The molecule has 0 unspecified atom stereocenters. The third-order valence-electron chi connectivity index (χ3n) is 2.27. The van der Waals surface area contributed by atoms with Gasteiger partial charge in [-0.2, -0.15) is 5.26 Å². The smallest absolute Gasteiger partial charge is 0.206 e. The summed E-state index contributed by atoms with van der Waals surface area (Å²) in [5.41, 5.74) is 1.14. The van der Waals surface area contributed by atoms with E-state index in [9.17, 15) is 0 Å². The van der Waals surface area contributed by atoms with Crippen molar-refractivity contribution >= 4 is 28.2 Å². The van der Waals surface area contributed by atoms with Gasteiger partial charge in [0.15, 0.2) is 4.34 Å². The van der Waals surface area contributed by atoms with Crippen LogP contribution in [0.3, 0.4) is 0 Å². The molecule has 98 valence electrons. The van der Waals surface area contributed by atoms with Crippen molar-refractivity contribution in [3.63, 3.8) is 0 Å². The molecule has 7 heteroatoms. The minimum absolute atomic E-state index is 0.396. The van der Waals surface area contributed by atoms with Crippen molar-refractivity contribution in [2.24, 2.45) is 0 Å². The standard InChI is InChI=1S/C12H12N4OS2/c1-17-10-4-2-9(3-5-10)8-14-11-15-16-12(19-11)18-7-6-13/h2-5H,7-8H2,1H3,(H,14,15). The second-order valence-corrected chi connectivity index (χ2v) is 5.72. The first-order chi connectivity index (χ1) is 9.31. The number of aromatic nitrogens is 2. The maximum absolute atomic E-state index is 8.49. The first-order valence-electron chi connectivity index (χ1n) is 5.52. The Morgan fingerprint density at radius 3 is 2.84 bits per heavy atom. The van der Waals surface area contributed by atoms with Gasteiger partial charge in [-0.1, -0.05) is 35.2 Å². The number of hydrogen-bond donors (Lipinski definition) is 1. The lowest BCUT2D eigenvalue weighted by molar-refractivity contribution is 0.414. The highest BCUT2D eigenvalue weighted by atomic mass is 32.2. The van der Waals surface area contributed by atoms with Crippen molar-refractivity contribution in [1.29, 1.82) is 5.26 Å². The molecule has 0 spiro atoms. The Hall–Kier alpha value is -1.78. The number of ether oxygens (including phenoxy) is 1. The third kappa shape index (κ3) is 4.12. The number of nitrogens with zero attached hydrogens (tertiary/aromatic N) is 3. The van der Waals surface area contributed by atoms with Crippen LogP contribution in [0.5, 0.6) is 5.75 Å². The molecule has 2 aromatic rings. The molecule has 0 saturated heterocycles. The lowest BCUT2D eigenvalue weighted by Gasteiger charge is -2.03. The first kappa shape index (κ1) is 13.6. The average molecular weight is 292 g/mol. The molecule has 1 heterocycles. The van der Waals surface area contributed by atoms with E-state index in [1.807, 2.05) is 24.3 Å². The van der Waals surface area contributed by atoms with E-state index in [0.717, 1.165) is 20.8 Å². The molecule has 0 saturated carbocycles. The predicted octanol–water partition coefficient (Wildman–Crippen LogP) is 2.77. The van der Waals surface area contributed by atoms with E-state index >= 15 is 0 Å². The maximum Gasteiger partial charge on any atom is 0.206 e. The Morgan fingerprint density at radius 1 is 1.37 bits per heavy atom. The van der Waals surface area contributed by atoms with E-state index in [4.69, 9.17) is 10.00 Å². The Balaban J connectivity index is 1.87. The van der Waals surface area contributed by atoms with E-state index in [2.05, 4.69) is 21.6 Å². The molecule has 0 aliphatic carbocycles. The van der Waals surface area contributed by atoms with Crippen LogP contribution in [0, 0.1) is 11.3 Å². The van der Waals surface area contributed by atoms with Gasteiger partial charge in [0.25, 0.3) is 0 Å². The summed E-state index contributed by atoms with van der Waals surface area (Å²) < 4.78 is 5.91. The molecule has 19 heavy (non-hydrogen) atoms. The van der Waals surface area contributed by atoms with Gasteiger partial charge in [0.1, 0.15) is 5.75 Å². The number of thioether (sulfide) groups is 1. The normalized spacial score (nSPS) is 9.89. The summed E-state index contributed by atoms with van der Waals surface area (Å²) in [4.78, 5) is 0. The molecule has 2 rings (SSSR count). The highest BCUT2D eigenvalue weighted by Gasteiger charge is 2.04. The minimum Gasteiger partial charge on any atom is -0.497 e. The summed E-state index contributed by atoms with van der Waals surface area (Å²) in [6.07, 6.45) is 0. The lowest BCUT2D eigenvalue weighted by Crippen LogP contribution is -1.98. The van der Waals surface area contributed by atoms with Gasteiger partial charge in [-0.05, 0) is 17.7 Å². The van der Waals surface area contributed by atoms with E-state index in [-0.39, 0.29) is 0 Å². The van der Waals surface area contributed by atoms with Gasteiger partial charge < -0.3 is 10.1 Å². The number of benzene rings is 1. The van der Waals surface area contributed by atoms with Crippen LogP contribution in [0.1, 0.15) is 5.56 Å². The number of hydrogen-bond acceptors (Lipinski definition) is 7. The molecule has 1 aromatic heterocycles. The van der Waals surface area contributed by atoms with Gasteiger partial charge >= 0.3 is 0 Å². The highest BCUT2D eigenvalue weighted by Crippen LogP contribution is 2.25. The predicted molar refractivity (Wildman–Crippen MR) is 76.6 cm³/mol. The maximum atomic E-state index is 8.49. The second kappa shape index (κ2) is 6.97. The van der Waals surface area contributed by atoms with E-state index < -0.39 is 0 Å². The Kier molecular flexibility index (Phi) is 5.01. The fourth-order valence-electron chi connectivity index (χ4n) is 1.35. The quantitative estimate of drug-likeness (QED) is 0.825. The zero-order valence-electron chi connectivity index (χ0n) is 10.3. The zero-order chi connectivity index (χ0) is 13.5. The topological polar surface area (TPSA) is 70.8 Å². The summed E-state index contributed by atoms with van der Waals surface area (Å²) in [6.45, 7) is 0.682.